The summed E-state index contributed by atoms with van der Waals surface area (Å²) in [4.78, 5) is 21.1. The van der Waals surface area contributed by atoms with Gasteiger partial charge in [0.05, 0.1) is 0 Å². The topological polar surface area (TPSA) is 67.8 Å². The van der Waals surface area contributed by atoms with Gasteiger partial charge in [-0.25, -0.2) is 15.0 Å². The van der Waals surface area contributed by atoms with Crippen molar-refractivity contribution in [2.24, 2.45) is 0 Å². The molecule has 0 aromatic carbocycles. The van der Waals surface area contributed by atoms with Crippen molar-refractivity contribution in [3.8, 4) is 0 Å². The first kappa shape index (κ1) is 10.4. The van der Waals surface area contributed by atoms with Crippen LogP contribution < -0.4 is 5.32 Å². The van der Waals surface area contributed by atoms with Crippen LogP contribution in [0.2, 0.25) is 0 Å². The Hall–Kier alpha value is -1.73. The van der Waals surface area contributed by atoms with Gasteiger partial charge in [-0.3, -0.25) is 4.79 Å². The number of aromatic nitrogens is 3. The summed E-state index contributed by atoms with van der Waals surface area (Å²) in [5, 5.41) is 1.62. The average molecular weight is 206 g/mol. The molecule has 0 aliphatic rings. The van der Waals surface area contributed by atoms with Crippen LogP contribution in [0.4, 0.5) is 13.2 Å². The van der Waals surface area contributed by atoms with Crippen molar-refractivity contribution >= 4 is 5.91 Å². The third-order valence-corrected chi connectivity index (χ3v) is 1.15. The fraction of sp³-hybridized carbons (Fsp3) is 0.333. The second kappa shape index (κ2) is 3.99. The van der Waals surface area contributed by atoms with Gasteiger partial charge < -0.3 is 5.32 Å². The van der Waals surface area contributed by atoms with Crippen molar-refractivity contribution in [3.05, 3.63) is 18.5 Å². The third-order valence-electron chi connectivity index (χ3n) is 1.15. The van der Waals surface area contributed by atoms with E-state index in [0.717, 1.165) is 12.7 Å². The molecule has 8 heteroatoms. The number of hydrogen-bond donors (Lipinski definition) is 1. The minimum absolute atomic E-state index is 0.343. The molecular weight excluding hydrogens is 201 g/mol. The van der Waals surface area contributed by atoms with Crippen LogP contribution in [0.1, 0.15) is 10.6 Å². The number of nitrogens with one attached hydrogen (secondary N) is 1. The molecule has 76 valence electrons. The number of alkyl halides is 3. The van der Waals surface area contributed by atoms with E-state index in [0.29, 0.717) is 0 Å². The highest BCUT2D eigenvalue weighted by Crippen LogP contribution is 2.12. The summed E-state index contributed by atoms with van der Waals surface area (Å²) >= 11 is 0. The van der Waals surface area contributed by atoms with Crippen molar-refractivity contribution < 1.29 is 18.0 Å². The zero-order valence-electron chi connectivity index (χ0n) is 6.75. The predicted molar refractivity (Wildman–Crippen MR) is 38.2 cm³/mol. The minimum atomic E-state index is -4.44. The summed E-state index contributed by atoms with van der Waals surface area (Å²) < 4.78 is 35.0. The fourth-order valence-electron chi connectivity index (χ4n) is 0.616. The van der Waals surface area contributed by atoms with E-state index in [2.05, 4.69) is 15.0 Å². The van der Waals surface area contributed by atoms with Gasteiger partial charge in [0, 0.05) is 0 Å². The van der Waals surface area contributed by atoms with Gasteiger partial charge in [0.15, 0.2) is 0 Å². The molecule has 1 N–H and O–H groups in total. The Balaban J connectivity index is 2.52. The second-order valence-electron chi connectivity index (χ2n) is 2.26. The van der Waals surface area contributed by atoms with Crippen LogP contribution in [0.5, 0.6) is 0 Å². The molecule has 0 aliphatic heterocycles. The Morgan fingerprint density at radius 1 is 1.36 bits per heavy atom. The van der Waals surface area contributed by atoms with E-state index in [-0.39, 0.29) is 5.82 Å². The van der Waals surface area contributed by atoms with Crippen LogP contribution in [-0.4, -0.2) is 33.6 Å². The molecule has 0 fully saturated rings. The van der Waals surface area contributed by atoms with Gasteiger partial charge in [-0.2, -0.15) is 13.2 Å². The molecule has 5 nitrogen and oxygen atoms in total. The van der Waals surface area contributed by atoms with Crippen molar-refractivity contribution in [3.63, 3.8) is 0 Å². The largest absolute Gasteiger partial charge is 0.405 e. The van der Waals surface area contributed by atoms with Gasteiger partial charge in [-0.15, -0.1) is 0 Å². The lowest BCUT2D eigenvalue weighted by atomic mass is 10.5. The molecule has 1 rings (SSSR count). The number of nitrogens with zero attached hydrogens (tertiary/aromatic N) is 3. The van der Waals surface area contributed by atoms with Gasteiger partial charge in [-0.05, 0) is 0 Å². The smallest absolute Gasteiger partial charge is 0.340 e. The molecule has 0 saturated carbocycles. The molecule has 0 spiro atoms. The number of carbonyl (C=O) groups excluding carboxylic acids is 1. The summed E-state index contributed by atoms with van der Waals surface area (Å²) in [6.45, 7) is -1.41. The zero-order valence-corrected chi connectivity index (χ0v) is 6.75. The van der Waals surface area contributed by atoms with Crippen LogP contribution in [0.25, 0.3) is 0 Å². The van der Waals surface area contributed by atoms with Crippen molar-refractivity contribution in [2.75, 3.05) is 6.54 Å². The highest BCUT2D eigenvalue weighted by atomic mass is 19.4. The van der Waals surface area contributed by atoms with E-state index >= 15 is 0 Å². The first-order chi connectivity index (χ1) is 6.49. The maximum Gasteiger partial charge on any atom is 0.405 e. The van der Waals surface area contributed by atoms with Gasteiger partial charge in [-0.1, -0.05) is 0 Å². The van der Waals surface area contributed by atoms with Crippen LogP contribution in [-0.2, 0) is 0 Å². The summed E-state index contributed by atoms with van der Waals surface area (Å²) in [5.74, 6) is -1.33. The van der Waals surface area contributed by atoms with E-state index in [4.69, 9.17) is 0 Å². The first-order valence-electron chi connectivity index (χ1n) is 3.46. The Bertz CT molecular complexity index is 313. The molecule has 0 aliphatic carbocycles. The number of amides is 1. The lowest BCUT2D eigenvalue weighted by molar-refractivity contribution is -0.123. The number of hydrogen-bond acceptors (Lipinski definition) is 4. The summed E-state index contributed by atoms with van der Waals surface area (Å²) in [5.41, 5.74) is 0. The van der Waals surface area contributed by atoms with E-state index in [1.165, 1.54) is 0 Å². The Morgan fingerprint density at radius 3 is 2.43 bits per heavy atom. The van der Waals surface area contributed by atoms with Crippen molar-refractivity contribution in [1.29, 1.82) is 0 Å². The summed E-state index contributed by atoms with van der Waals surface area (Å²) in [7, 11) is 0. The Kier molecular flexibility index (Phi) is 2.95. The van der Waals surface area contributed by atoms with Crippen LogP contribution in [0.3, 0.4) is 0 Å². The number of halogens is 3. The molecule has 1 amide bonds. The monoisotopic (exact) mass is 206 g/mol. The van der Waals surface area contributed by atoms with Gasteiger partial charge in [0.25, 0.3) is 5.91 Å². The third kappa shape index (κ3) is 3.33. The quantitative estimate of drug-likeness (QED) is 0.748. The zero-order chi connectivity index (χ0) is 10.6. The minimum Gasteiger partial charge on any atom is -0.340 e. The molecule has 1 heterocycles. The molecular formula is C6H5F3N4O. The molecule has 0 bridgehead atoms. The summed E-state index contributed by atoms with van der Waals surface area (Å²) in [6, 6.07) is 0. The number of rotatable bonds is 2. The predicted octanol–water partition coefficient (Wildman–Crippen LogP) is 0.164. The lowest BCUT2D eigenvalue weighted by Gasteiger charge is -2.06. The molecule has 1 aromatic rings. The normalized spacial score (nSPS) is 11.1. The average Bonchev–Trinajstić information content (AvgIpc) is 2.14. The van der Waals surface area contributed by atoms with Gasteiger partial charge >= 0.3 is 6.18 Å². The van der Waals surface area contributed by atoms with E-state index < -0.39 is 18.6 Å². The first-order valence-corrected chi connectivity index (χ1v) is 3.46. The highest BCUT2D eigenvalue weighted by molar-refractivity contribution is 5.90. The van der Waals surface area contributed by atoms with Crippen LogP contribution in [0, 0.1) is 0 Å². The van der Waals surface area contributed by atoms with Crippen LogP contribution >= 0.6 is 0 Å². The molecule has 0 saturated heterocycles. The molecule has 14 heavy (non-hydrogen) atoms. The van der Waals surface area contributed by atoms with E-state index in [1.54, 1.807) is 5.32 Å². The number of carbonyl (C=O) groups is 1. The van der Waals surface area contributed by atoms with Crippen LogP contribution in [0.15, 0.2) is 12.7 Å². The maximum absolute atomic E-state index is 11.7. The summed E-state index contributed by atoms with van der Waals surface area (Å²) in [6.07, 6.45) is -2.40. The van der Waals surface area contributed by atoms with Crippen molar-refractivity contribution in [2.45, 2.75) is 6.18 Å². The molecule has 0 atom stereocenters. The standard InChI is InChI=1S/C6H5F3N4O/c7-6(8,9)1-11-5(14)4-12-2-10-3-13-4/h2-3H,1H2,(H,11,14). The molecule has 0 unspecified atom stereocenters. The molecule has 1 aromatic heterocycles. The maximum atomic E-state index is 11.7. The van der Waals surface area contributed by atoms with Gasteiger partial charge in [0.2, 0.25) is 5.82 Å². The second-order valence-corrected chi connectivity index (χ2v) is 2.26. The Labute approximate surface area is 76.4 Å². The molecule has 0 radical (unpaired) electrons. The van der Waals surface area contributed by atoms with E-state index in [1.807, 2.05) is 0 Å². The Morgan fingerprint density at radius 2 is 1.93 bits per heavy atom. The van der Waals surface area contributed by atoms with Crippen molar-refractivity contribution in [1.82, 2.24) is 20.3 Å². The fourth-order valence-corrected chi connectivity index (χ4v) is 0.616. The van der Waals surface area contributed by atoms with Gasteiger partial charge in [0.1, 0.15) is 19.2 Å². The lowest BCUT2D eigenvalue weighted by Crippen LogP contribution is -2.34. The van der Waals surface area contributed by atoms with E-state index in [9.17, 15) is 18.0 Å². The SMILES string of the molecule is O=C(NCC(F)(F)F)c1ncncn1. The highest BCUT2D eigenvalue weighted by Gasteiger charge is 2.28.